The van der Waals surface area contributed by atoms with Crippen molar-refractivity contribution in [2.45, 2.75) is 0 Å². The maximum absolute atomic E-state index is 10.9. The fraction of sp³-hybridized carbons (Fsp3) is 0. The molecule has 0 aliphatic rings. The van der Waals surface area contributed by atoms with Gasteiger partial charge in [0.05, 0.1) is 6.21 Å². The van der Waals surface area contributed by atoms with Crippen LogP contribution in [0.15, 0.2) is 40.1 Å². The molecule has 0 aliphatic heterocycles. The van der Waals surface area contributed by atoms with E-state index in [4.69, 9.17) is 12.2 Å². The highest BCUT2D eigenvalue weighted by Gasteiger charge is 2.03. The van der Waals surface area contributed by atoms with Gasteiger partial charge in [0.25, 0.3) is 0 Å². The summed E-state index contributed by atoms with van der Waals surface area (Å²) in [5, 5.41) is 12.5. The van der Waals surface area contributed by atoms with E-state index in [1.54, 1.807) is 0 Å². The fourth-order valence-corrected chi connectivity index (χ4v) is 1.99. The first-order valence-corrected chi connectivity index (χ1v) is 6.20. The molecule has 0 amide bonds. The molecule has 0 atom stereocenters. The highest BCUT2D eigenvalue weighted by Crippen LogP contribution is 2.12. The lowest BCUT2D eigenvalue weighted by atomic mass is 10.3. The summed E-state index contributed by atoms with van der Waals surface area (Å²) in [7, 11) is 0. The van der Waals surface area contributed by atoms with E-state index in [9.17, 15) is 9.90 Å². The first-order chi connectivity index (χ1) is 8.65. The largest absolute Gasteiger partial charge is 0.493 e. The Morgan fingerprint density at radius 2 is 2.17 bits per heavy atom. The van der Waals surface area contributed by atoms with Crippen LogP contribution in [0, 0.1) is 0 Å². The zero-order valence-electron chi connectivity index (χ0n) is 9.08. The summed E-state index contributed by atoms with van der Waals surface area (Å²) in [5.74, 6) is -0.198. The minimum atomic E-state index is -0.337. The van der Waals surface area contributed by atoms with Crippen LogP contribution in [0.5, 0.6) is 5.88 Å². The minimum Gasteiger partial charge on any atom is -0.493 e. The molecule has 1 aromatic carbocycles. The molecule has 2 aromatic rings. The van der Waals surface area contributed by atoms with Crippen LogP contribution < -0.4 is 10.2 Å². The van der Waals surface area contributed by atoms with Crippen molar-refractivity contribution in [2.24, 2.45) is 4.99 Å². The molecule has 0 bridgehead atoms. The maximum atomic E-state index is 10.9. The number of nitrogens with one attached hydrogen (secondary N) is 2. The third-order valence-corrected chi connectivity index (χ3v) is 2.99. The number of thiocarbonyl (C=S) groups is 1. The van der Waals surface area contributed by atoms with Gasteiger partial charge in [-0.15, -0.1) is 0 Å². The molecular formula is C11H9N3O2S2. The molecule has 92 valence electrons. The molecular weight excluding hydrogens is 270 g/mol. The van der Waals surface area contributed by atoms with Crippen molar-refractivity contribution in [1.82, 2.24) is 4.98 Å². The van der Waals surface area contributed by atoms with Gasteiger partial charge in [-0.3, -0.25) is 9.78 Å². The van der Waals surface area contributed by atoms with Crippen LogP contribution >= 0.6 is 23.6 Å². The lowest BCUT2D eigenvalue weighted by Crippen LogP contribution is -2.05. The molecule has 18 heavy (non-hydrogen) atoms. The number of aromatic amines is 1. The topological polar surface area (TPSA) is 77.5 Å². The van der Waals surface area contributed by atoms with Crippen molar-refractivity contribution in [2.75, 3.05) is 5.32 Å². The number of aliphatic imine (C=N–C) groups is 1. The second-order valence-electron chi connectivity index (χ2n) is 3.28. The summed E-state index contributed by atoms with van der Waals surface area (Å²) in [6.45, 7) is 0. The van der Waals surface area contributed by atoms with Gasteiger partial charge >= 0.3 is 4.87 Å². The summed E-state index contributed by atoms with van der Waals surface area (Å²) in [4.78, 5) is 17.1. The van der Waals surface area contributed by atoms with Crippen molar-refractivity contribution >= 4 is 40.6 Å². The number of anilines is 1. The number of hydrogen-bond donors (Lipinski definition) is 3. The number of benzene rings is 1. The first kappa shape index (κ1) is 12.5. The van der Waals surface area contributed by atoms with Crippen molar-refractivity contribution in [1.29, 1.82) is 0 Å². The Morgan fingerprint density at radius 3 is 2.78 bits per heavy atom. The Bertz CT molecular complexity index is 631. The summed E-state index contributed by atoms with van der Waals surface area (Å²) in [6, 6.07) is 9.35. The zero-order chi connectivity index (χ0) is 13.0. The number of aromatic hydroxyl groups is 1. The maximum Gasteiger partial charge on any atom is 0.307 e. The lowest BCUT2D eigenvalue weighted by Gasteiger charge is -2.01. The predicted molar refractivity (Wildman–Crippen MR) is 76.9 cm³/mol. The van der Waals surface area contributed by atoms with E-state index in [0.29, 0.717) is 4.88 Å². The molecule has 1 heterocycles. The molecule has 7 heteroatoms. The number of thiazole rings is 1. The first-order valence-electron chi connectivity index (χ1n) is 4.97. The van der Waals surface area contributed by atoms with Crippen LogP contribution in [-0.2, 0) is 0 Å². The van der Waals surface area contributed by atoms with Crippen molar-refractivity contribution in [3.05, 3.63) is 44.9 Å². The molecule has 0 saturated carbocycles. The molecule has 0 aliphatic carbocycles. The highest BCUT2D eigenvalue weighted by molar-refractivity contribution is 7.80. The quantitative estimate of drug-likeness (QED) is 0.580. The van der Waals surface area contributed by atoms with Gasteiger partial charge in [-0.25, -0.2) is 4.99 Å². The Kier molecular flexibility index (Phi) is 3.85. The number of para-hydroxylation sites is 1. The summed E-state index contributed by atoms with van der Waals surface area (Å²) < 4.78 is 0. The molecule has 1 aromatic heterocycles. The standard InChI is InChI=1S/C11H9N3O2S2/c15-9-8(18-11(16)14-9)6-12-10(17)13-7-4-2-1-3-5-7/h1-6,15H,(H,13,17)(H,14,16)/b12-6+. The molecule has 0 radical (unpaired) electrons. The van der Waals surface area contributed by atoms with Crippen LogP contribution in [0.4, 0.5) is 5.69 Å². The summed E-state index contributed by atoms with van der Waals surface area (Å²) in [5.41, 5.74) is 0.825. The van der Waals surface area contributed by atoms with E-state index in [1.165, 1.54) is 6.21 Å². The van der Waals surface area contributed by atoms with E-state index < -0.39 is 0 Å². The van der Waals surface area contributed by atoms with Gasteiger partial charge in [0, 0.05) is 5.69 Å². The number of nitrogens with zero attached hydrogens (tertiary/aromatic N) is 1. The van der Waals surface area contributed by atoms with Gasteiger partial charge in [0.2, 0.25) is 5.88 Å². The van der Waals surface area contributed by atoms with Gasteiger partial charge in [0.15, 0.2) is 5.11 Å². The number of H-pyrrole nitrogens is 1. The minimum absolute atomic E-state index is 0.198. The average Bonchev–Trinajstić information content (AvgIpc) is 2.66. The zero-order valence-corrected chi connectivity index (χ0v) is 10.7. The van der Waals surface area contributed by atoms with Crippen LogP contribution in [0.3, 0.4) is 0 Å². The van der Waals surface area contributed by atoms with Crippen LogP contribution in [-0.4, -0.2) is 21.4 Å². The molecule has 2 rings (SSSR count). The fourth-order valence-electron chi connectivity index (χ4n) is 1.21. The van der Waals surface area contributed by atoms with Gasteiger partial charge in [0.1, 0.15) is 4.88 Å². The molecule has 0 unspecified atom stereocenters. The Balaban J connectivity index is 2.04. The second kappa shape index (κ2) is 5.56. The second-order valence-corrected chi connectivity index (χ2v) is 4.68. The molecule has 0 spiro atoms. The van der Waals surface area contributed by atoms with E-state index in [2.05, 4.69) is 15.3 Å². The highest BCUT2D eigenvalue weighted by atomic mass is 32.1. The lowest BCUT2D eigenvalue weighted by molar-refractivity contribution is 0.455. The Morgan fingerprint density at radius 1 is 1.44 bits per heavy atom. The van der Waals surface area contributed by atoms with Crippen molar-refractivity contribution < 1.29 is 5.11 Å². The summed E-state index contributed by atoms with van der Waals surface area (Å²) in [6.07, 6.45) is 1.34. The molecule has 3 N–H and O–H groups in total. The number of aromatic nitrogens is 1. The van der Waals surface area contributed by atoms with E-state index >= 15 is 0 Å². The number of rotatable bonds is 2. The van der Waals surface area contributed by atoms with Gasteiger partial charge in [-0.05, 0) is 24.4 Å². The average molecular weight is 279 g/mol. The normalized spacial score (nSPS) is 10.7. The van der Waals surface area contributed by atoms with Gasteiger partial charge in [-0.1, -0.05) is 29.5 Å². The monoisotopic (exact) mass is 279 g/mol. The van der Waals surface area contributed by atoms with E-state index in [0.717, 1.165) is 17.0 Å². The number of hydrogen-bond acceptors (Lipinski definition) is 4. The van der Waals surface area contributed by atoms with Crippen molar-refractivity contribution in [3.63, 3.8) is 0 Å². The molecule has 0 fully saturated rings. The molecule has 0 saturated heterocycles. The predicted octanol–water partition coefficient (Wildman–Crippen LogP) is 1.96. The molecule has 5 nitrogen and oxygen atoms in total. The van der Waals surface area contributed by atoms with E-state index in [-0.39, 0.29) is 15.9 Å². The third kappa shape index (κ3) is 3.25. The SMILES string of the molecule is O=c1[nH]c(O)c(/C=N/C(=S)Nc2ccccc2)s1. The van der Waals surface area contributed by atoms with Crippen LogP contribution in [0.2, 0.25) is 0 Å². The van der Waals surface area contributed by atoms with Gasteiger partial charge < -0.3 is 10.4 Å². The Labute approximate surface area is 112 Å². The summed E-state index contributed by atoms with van der Waals surface area (Å²) >= 11 is 5.88. The van der Waals surface area contributed by atoms with Gasteiger partial charge in [-0.2, -0.15) is 0 Å². The van der Waals surface area contributed by atoms with Crippen LogP contribution in [0.1, 0.15) is 4.88 Å². The third-order valence-electron chi connectivity index (χ3n) is 1.98. The Hall–Kier alpha value is -1.99. The van der Waals surface area contributed by atoms with Crippen molar-refractivity contribution in [3.8, 4) is 5.88 Å². The van der Waals surface area contributed by atoms with Crippen LogP contribution in [0.25, 0.3) is 0 Å². The smallest absolute Gasteiger partial charge is 0.307 e. The van der Waals surface area contributed by atoms with E-state index in [1.807, 2.05) is 30.3 Å².